The number of carbonyl (C=O) groups excluding carboxylic acids is 8. The second-order valence-electron chi connectivity index (χ2n) is 12.6. The lowest BCUT2D eigenvalue weighted by atomic mass is 9.76. The summed E-state index contributed by atoms with van der Waals surface area (Å²) in [6.45, 7) is 22.8. The summed E-state index contributed by atoms with van der Waals surface area (Å²) in [5.74, 6) is -8.01. The molecule has 58 heavy (non-hydrogen) atoms. The summed E-state index contributed by atoms with van der Waals surface area (Å²) in [7, 11) is 0. The van der Waals surface area contributed by atoms with Gasteiger partial charge in [0, 0.05) is 48.0 Å². The van der Waals surface area contributed by atoms with Crippen LogP contribution in [-0.4, -0.2) is 87.4 Å². The molecule has 0 spiro atoms. The lowest BCUT2D eigenvalue weighted by Gasteiger charge is -2.30. The number of esters is 8. The highest BCUT2D eigenvalue weighted by molar-refractivity contribution is 6.05. The molecule has 0 N–H and O–H groups in total. The topological polar surface area (TPSA) is 210 Å². The zero-order valence-electron chi connectivity index (χ0n) is 34.2. The van der Waals surface area contributed by atoms with E-state index in [1.165, 1.54) is 38.1 Å². The Morgan fingerprint density at radius 3 is 0.793 bits per heavy atom. The third kappa shape index (κ3) is 14.2. The molecule has 0 aromatic heterocycles. The van der Waals surface area contributed by atoms with Gasteiger partial charge in [0.2, 0.25) is 0 Å². The van der Waals surface area contributed by atoms with Crippen LogP contribution in [0.15, 0.2) is 72.9 Å². The Morgan fingerprint density at radius 2 is 0.586 bits per heavy atom. The standard InChI is InChI=1S/C42H54O16/c1-11-51-33(43)27(7)21-41(37(47)55-15-5,22-28(8)34(44)52-12-2)39(49)57-25-31-17-19-32(20-18-31)26-58-40(50)42(38(48)56-16-6,23-29(9)35(45)53-13-3)24-30(10)36(46)54-14-4/h17-20H,7-16,21-26H2,1-6H3. The van der Waals surface area contributed by atoms with Crippen LogP contribution in [0, 0.1) is 10.8 Å². The number of rotatable bonds is 26. The first-order valence-corrected chi connectivity index (χ1v) is 18.6. The normalized spacial score (nSPS) is 10.9. The van der Waals surface area contributed by atoms with E-state index in [4.69, 9.17) is 37.9 Å². The lowest BCUT2D eigenvalue weighted by Crippen LogP contribution is -2.44. The van der Waals surface area contributed by atoms with Crippen LogP contribution in [0.25, 0.3) is 0 Å². The average molecular weight is 815 g/mol. The van der Waals surface area contributed by atoms with Crippen molar-refractivity contribution in [3.8, 4) is 0 Å². The SMILES string of the molecule is C=C(CC(CC(=C)C(=O)OCC)(C(=O)OCC)C(=O)OCc1ccc(COC(=O)C(CC(=C)C(=O)OCC)(CC(=C)C(=O)OCC)C(=O)OCC)cc1)C(=O)OCC. The summed E-state index contributed by atoms with van der Waals surface area (Å²) in [6.07, 6.45) is -2.50. The van der Waals surface area contributed by atoms with Gasteiger partial charge in [-0.05, 0) is 52.7 Å². The molecule has 0 aliphatic rings. The van der Waals surface area contributed by atoms with E-state index in [0.717, 1.165) is 0 Å². The molecule has 1 aromatic carbocycles. The van der Waals surface area contributed by atoms with Gasteiger partial charge in [0.25, 0.3) is 0 Å². The van der Waals surface area contributed by atoms with Gasteiger partial charge in [0.05, 0.1) is 39.6 Å². The van der Waals surface area contributed by atoms with Gasteiger partial charge in [0.15, 0.2) is 10.8 Å². The van der Waals surface area contributed by atoms with E-state index in [2.05, 4.69) is 26.3 Å². The molecule has 0 heterocycles. The van der Waals surface area contributed by atoms with Crippen molar-refractivity contribution in [2.24, 2.45) is 10.8 Å². The number of carbonyl (C=O) groups is 8. The largest absolute Gasteiger partial charge is 0.465 e. The van der Waals surface area contributed by atoms with Crippen molar-refractivity contribution in [1.29, 1.82) is 0 Å². The molecular weight excluding hydrogens is 760 g/mol. The van der Waals surface area contributed by atoms with Crippen molar-refractivity contribution < 1.29 is 76.3 Å². The molecule has 1 aromatic rings. The van der Waals surface area contributed by atoms with Crippen LogP contribution < -0.4 is 0 Å². The molecule has 0 unspecified atom stereocenters. The van der Waals surface area contributed by atoms with Crippen LogP contribution in [0.4, 0.5) is 0 Å². The maximum absolute atomic E-state index is 13.9. The molecule has 1 rings (SSSR count). The van der Waals surface area contributed by atoms with Crippen LogP contribution in [0.2, 0.25) is 0 Å². The first-order valence-electron chi connectivity index (χ1n) is 18.6. The number of ether oxygens (including phenoxy) is 8. The number of hydrogen-bond donors (Lipinski definition) is 0. The smallest absolute Gasteiger partial charge is 0.333 e. The molecule has 318 valence electrons. The predicted octanol–water partition coefficient (Wildman–Crippen LogP) is 4.91. The van der Waals surface area contributed by atoms with Crippen molar-refractivity contribution in [2.45, 2.75) is 80.4 Å². The van der Waals surface area contributed by atoms with Gasteiger partial charge >= 0.3 is 47.8 Å². The Bertz CT molecular complexity index is 1530. The third-order valence-electron chi connectivity index (χ3n) is 8.19. The molecule has 0 radical (unpaired) electrons. The van der Waals surface area contributed by atoms with E-state index < -0.39 is 97.5 Å². The fourth-order valence-electron chi connectivity index (χ4n) is 5.39. The monoisotopic (exact) mass is 814 g/mol. The molecule has 0 aliphatic carbocycles. The Labute approximate surface area is 338 Å². The molecule has 0 saturated heterocycles. The summed E-state index contributed by atoms with van der Waals surface area (Å²) >= 11 is 0. The maximum Gasteiger partial charge on any atom is 0.333 e. The highest BCUT2D eigenvalue weighted by Gasteiger charge is 2.52. The fourth-order valence-corrected chi connectivity index (χ4v) is 5.39. The summed E-state index contributed by atoms with van der Waals surface area (Å²) in [5.41, 5.74) is -4.80. The summed E-state index contributed by atoms with van der Waals surface area (Å²) < 4.78 is 41.5. The molecule has 0 aliphatic heterocycles. The van der Waals surface area contributed by atoms with Gasteiger partial charge in [-0.3, -0.25) is 19.2 Å². The average Bonchev–Trinajstić information content (AvgIpc) is 3.18. The second kappa shape index (κ2) is 24.5. The van der Waals surface area contributed by atoms with Gasteiger partial charge in [-0.2, -0.15) is 0 Å². The molecule has 0 fully saturated rings. The Balaban J connectivity index is 3.44. The van der Waals surface area contributed by atoms with E-state index in [0.29, 0.717) is 11.1 Å². The summed E-state index contributed by atoms with van der Waals surface area (Å²) in [4.78, 5) is 105. The first-order chi connectivity index (χ1) is 27.4. The quantitative estimate of drug-likeness (QED) is 0.0526. The molecule has 0 saturated carbocycles. The summed E-state index contributed by atoms with van der Waals surface area (Å²) in [5, 5.41) is 0. The minimum absolute atomic E-state index is 0.0117. The van der Waals surface area contributed by atoms with Crippen LogP contribution in [0.5, 0.6) is 0 Å². The maximum atomic E-state index is 13.9. The third-order valence-corrected chi connectivity index (χ3v) is 8.19. The molecular formula is C42H54O16. The lowest BCUT2D eigenvalue weighted by molar-refractivity contribution is -0.175. The van der Waals surface area contributed by atoms with Crippen molar-refractivity contribution in [3.63, 3.8) is 0 Å². The van der Waals surface area contributed by atoms with E-state index in [9.17, 15) is 38.4 Å². The number of benzene rings is 1. The van der Waals surface area contributed by atoms with Gasteiger partial charge in [0.1, 0.15) is 13.2 Å². The number of hydrogen-bond acceptors (Lipinski definition) is 16. The van der Waals surface area contributed by atoms with Gasteiger partial charge in [-0.25, -0.2) is 19.2 Å². The Morgan fingerprint density at radius 1 is 0.379 bits per heavy atom. The Hall–Kier alpha value is -6.06. The zero-order chi connectivity index (χ0) is 44.1. The fraction of sp³-hybridized carbons (Fsp3) is 0.476. The molecule has 0 atom stereocenters. The van der Waals surface area contributed by atoms with Crippen LogP contribution >= 0.6 is 0 Å². The molecule has 0 bridgehead atoms. The minimum atomic E-state index is -2.28. The molecule has 16 nitrogen and oxygen atoms in total. The zero-order valence-corrected chi connectivity index (χ0v) is 34.2. The van der Waals surface area contributed by atoms with Crippen molar-refractivity contribution in [1.82, 2.24) is 0 Å². The highest BCUT2D eigenvalue weighted by atomic mass is 16.6. The van der Waals surface area contributed by atoms with E-state index in [1.54, 1.807) is 27.7 Å². The first kappa shape index (κ1) is 50.0. The van der Waals surface area contributed by atoms with E-state index in [1.807, 2.05) is 0 Å². The van der Waals surface area contributed by atoms with Gasteiger partial charge in [-0.15, -0.1) is 0 Å². The second-order valence-corrected chi connectivity index (χ2v) is 12.6. The van der Waals surface area contributed by atoms with Crippen LogP contribution in [-0.2, 0) is 89.5 Å². The Kier molecular flexibility index (Phi) is 21.1. The van der Waals surface area contributed by atoms with Crippen molar-refractivity contribution in [3.05, 3.63) is 84.0 Å². The predicted molar refractivity (Wildman–Crippen MR) is 206 cm³/mol. The van der Waals surface area contributed by atoms with Crippen LogP contribution in [0.3, 0.4) is 0 Å². The molecule has 16 heteroatoms. The molecule has 0 amide bonds. The van der Waals surface area contributed by atoms with E-state index >= 15 is 0 Å². The van der Waals surface area contributed by atoms with Crippen molar-refractivity contribution >= 4 is 47.8 Å². The van der Waals surface area contributed by atoms with Gasteiger partial charge in [-0.1, -0.05) is 50.6 Å². The highest BCUT2D eigenvalue weighted by Crippen LogP contribution is 2.39. The van der Waals surface area contributed by atoms with Crippen LogP contribution in [0.1, 0.15) is 78.4 Å². The van der Waals surface area contributed by atoms with Gasteiger partial charge < -0.3 is 37.9 Å². The minimum Gasteiger partial charge on any atom is -0.465 e. The van der Waals surface area contributed by atoms with Crippen molar-refractivity contribution in [2.75, 3.05) is 39.6 Å². The summed E-state index contributed by atoms with van der Waals surface area (Å²) in [6, 6.07) is 6.06. The van der Waals surface area contributed by atoms with E-state index in [-0.39, 0.29) is 61.9 Å².